The zero-order chi connectivity index (χ0) is 20.7. The van der Waals surface area contributed by atoms with Gasteiger partial charge in [-0.25, -0.2) is 8.42 Å². The molecule has 0 radical (unpaired) electrons. The van der Waals surface area contributed by atoms with Gasteiger partial charge < -0.3 is 10.1 Å². The van der Waals surface area contributed by atoms with E-state index in [1.165, 1.54) is 4.31 Å². The van der Waals surface area contributed by atoms with E-state index in [-0.39, 0.29) is 25.0 Å². The third kappa shape index (κ3) is 6.07. The van der Waals surface area contributed by atoms with Crippen LogP contribution in [-0.2, 0) is 21.4 Å². The summed E-state index contributed by atoms with van der Waals surface area (Å²) in [5, 5.41) is 2.95. The average molecular weight is 405 g/mol. The Kier molecular flexibility index (Phi) is 7.60. The number of amides is 1. The van der Waals surface area contributed by atoms with Crippen LogP contribution >= 0.6 is 0 Å². The summed E-state index contributed by atoms with van der Waals surface area (Å²) < 4.78 is 30.8. The van der Waals surface area contributed by atoms with Gasteiger partial charge in [0, 0.05) is 6.54 Å². The maximum absolute atomic E-state index is 12.6. The van der Waals surface area contributed by atoms with Gasteiger partial charge in [-0.05, 0) is 36.1 Å². The second-order valence-corrected chi connectivity index (χ2v) is 8.76. The molecular weight excluding hydrogens is 376 g/mol. The topological polar surface area (TPSA) is 75.7 Å². The van der Waals surface area contributed by atoms with Crippen LogP contribution in [0.25, 0.3) is 0 Å². The number of hydrogen-bond donors (Lipinski definition) is 1. The highest BCUT2D eigenvalue weighted by Crippen LogP contribution is 2.24. The smallest absolute Gasteiger partial charge is 0.235 e. The Morgan fingerprint density at radius 3 is 2.39 bits per heavy atom. The second kappa shape index (κ2) is 9.71. The van der Waals surface area contributed by atoms with Gasteiger partial charge in [0.15, 0.2) is 0 Å². The molecule has 0 saturated carbocycles. The van der Waals surface area contributed by atoms with E-state index in [9.17, 15) is 13.2 Å². The number of carbonyl (C=O) groups is 1. The molecule has 0 aliphatic heterocycles. The van der Waals surface area contributed by atoms with E-state index in [1.807, 2.05) is 62.4 Å². The van der Waals surface area contributed by atoms with E-state index in [0.29, 0.717) is 6.42 Å². The molecule has 0 saturated heterocycles. The van der Waals surface area contributed by atoms with Crippen LogP contribution in [0.5, 0.6) is 5.75 Å². The highest BCUT2D eigenvalue weighted by Gasteiger charge is 2.22. The van der Waals surface area contributed by atoms with Crippen LogP contribution in [0.15, 0.2) is 48.5 Å². The zero-order valence-corrected chi connectivity index (χ0v) is 17.6. The summed E-state index contributed by atoms with van der Waals surface area (Å²) in [6, 6.07) is 14.8. The van der Waals surface area contributed by atoms with Crippen LogP contribution in [0.1, 0.15) is 36.1 Å². The zero-order valence-electron chi connectivity index (χ0n) is 16.8. The van der Waals surface area contributed by atoms with Gasteiger partial charge in [-0.1, -0.05) is 49.4 Å². The number of nitrogens with zero attached hydrogens (tertiary/aromatic N) is 1. The van der Waals surface area contributed by atoms with Crippen molar-refractivity contribution in [3.63, 3.8) is 0 Å². The first-order chi connectivity index (χ1) is 13.2. The fraction of sp³-hybridized carbons (Fsp3) is 0.381. The van der Waals surface area contributed by atoms with Gasteiger partial charge in [-0.15, -0.1) is 0 Å². The summed E-state index contributed by atoms with van der Waals surface area (Å²) in [6.07, 6.45) is 1.81. The molecule has 2 rings (SSSR count). The Hall–Kier alpha value is -2.38. The molecule has 152 valence electrons. The lowest BCUT2D eigenvalue weighted by atomic mass is 10.0. The van der Waals surface area contributed by atoms with Crippen LogP contribution in [0.2, 0.25) is 0 Å². The number of hydrogen-bond acceptors (Lipinski definition) is 4. The van der Waals surface area contributed by atoms with Crippen LogP contribution < -0.4 is 10.1 Å². The molecule has 0 unspecified atom stereocenters. The van der Waals surface area contributed by atoms with Gasteiger partial charge in [0.2, 0.25) is 15.9 Å². The Balaban J connectivity index is 2.11. The fourth-order valence-electron chi connectivity index (χ4n) is 3.02. The van der Waals surface area contributed by atoms with E-state index < -0.39 is 10.0 Å². The predicted octanol–water partition coefficient (Wildman–Crippen LogP) is 3.03. The normalized spacial score (nSPS) is 12.6. The molecule has 0 aromatic heterocycles. The largest absolute Gasteiger partial charge is 0.496 e. The Bertz CT molecular complexity index is 898. The Labute approximate surface area is 167 Å². The van der Waals surface area contributed by atoms with Crippen molar-refractivity contribution >= 4 is 15.9 Å². The number of nitrogens with one attached hydrogen (secondary N) is 1. The highest BCUT2D eigenvalue weighted by atomic mass is 32.2. The minimum Gasteiger partial charge on any atom is -0.496 e. The first kappa shape index (κ1) is 21.9. The van der Waals surface area contributed by atoms with Crippen LogP contribution in [0.3, 0.4) is 0 Å². The van der Waals surface area contributed by atoms with Crippen LogP contribution in [0.4, 0.5) is 0 Å². The molecule has 1 N–H and O–H groups in total. The number of rotatable bonds is 9. The molecule has 1 atom stereocenters. The molecule has 0 bridgehead atoms. The molecule has 2 aromatic carbocycles. The second-order valence-electron chi connectivity index (χ2n) is 6.77. The summed E-state index contributed by atoms with van der Waals surface area (Å²) in [5.41, 5.74) is 2.77. The first-order valence-electron chi connectivity index (χ1n) is 9.17. The first-order valence-corrected chi connectivity index (χ1v) is 11.0. The number of ether oxygens (including phenoxy) is 1. The molecule has 0 heterocycles. The lowest BCUT2D eigenvalue weighted by Crippen LogP contribution is -2.41. The Morgan fingerprint density at radius 2 is 1.86 bits per heavy atom. The summed E-state index contributed by atoms with van der Waals surface area (Å²) in [7, 11) is -1.91. The fourth-order valence-corrected chi connectivity index (χ4v) is 3.75. The van der Waals surface area contributed by atoms with Crippen molar-refractivity contribution in [2.24, 2.45) is 0 Å². The molecule has 1 amide bonds. The van der Waals surface area contributed by atoms with E-state index in [4.69, 9.17) is 4.74 Å². The van der Waals surface area contributed by atoms with Gasteiger partial charge in [-0.2, -0.15) is 4.31 Å². The average Bonchev–Trinajstić information content (AvgIpc) is 2.65. The Morgan fingerprint density at radius 1 is 1.18 bits per heavy atom. The predicted molar refractivity (Wildman–Crippen MR) is 111 cm³/mol. The monoisotopic (exact) mass is 404 g/mol. The molecule has 0 aliphatic carbocycles. The van der Waals surface area contributed by atoms with E-state index in [2.05, 4.69) is 5.32 Å². The standard InChI is InChI=1S/C21H28N2O4S/c1-5-19(18-11-12-20(27-3)16(2)13-18)22-21(24)15-23(28(4,25)26)14-17-9-7-6-8-10-17/h6-13,19H,5,14-15H2,1-4H3,(H,22,24)/t19-/m1/s1. The van der Waals surface area contributed by atoms with Crippen molar-refractivity contribution in [1.29, 1.82) is 0 Å². The van der Waals surface area contributed by atoms with Gasteiger partial charge in [0.25, 0.3) is 0 Å². The van der Waals surface area contributed by atoms with Crippen molar-refractivity contribution in [3.05, 3.63) is 65.2 Å². The van der Waals surface area contributed by atoms with Gasteiger partial charge in [0.05, 0.1) is 26.0 Å². The van der Waals surface area contributed by atoms with Crippen LogP contribution in [0, 0.1) is 6.92 Å². The van der Waals surface area contributed by atoms with Crippen molar-refractivity contribution < 1.29 is 17.9 Å². The number of benzene rings is 2. The third-order valence-electron chi connectivity index (χ3n) is 4.56. The van der Waals surface area contributed by atoms with E-state index >= 15 is 0 Å². The summed E-state index contributed by atoms with van der Waals surface area (Å²) >= 11 is 0. The lowest BCUT2D eigenvalue weighted by Gasteiger charge is -2.23. The quantitative estimate of drug-likeness (QED) is 0.697. The van der Waals surface area contributed by atoms with Gasteiger partial charge in [0.1, 0.15) is 5.75 Å². The van der Waals surface area contributed by atoms with Crippen molar-refractivity contribution in [2.75, 3.05) is 19.9 Å². The molecule has 0 aliphatic rings. The number of aryl methyl sites for hydroxylation is 1. The lowest BCUT2D eigenvalue weighted by molar-refractivity contribution is -0.122. The van der Waals surface area contributed by atoms with Crippen molar-refractivity contribution in [2.45, 2.75) is 32.9 Å². The van der Waals surface area contributed by atoms with E-state index in [0.717, 1.165) is 28.7 Å². The molecule has 7 heteroatoms. The summed E-state index contributed by atoms with van der Waals surface area (Å²) in [6.45, 7) is 3.86. The molecule has 28 heavy (non-hydrogen) atoms. The minimum atomic E-state index is -3.53. The maximum Gasteiger partial charge on any atom is 0.235 e. The molecule has 2 aromatic rings. The molecule has 6 nitrogen and oxygen atoms in total. The number of sulfonamides is 1. The summed E-state index contributed by atoms with van der Waals surface area (Å²) in [4.78, 5) is 12.6. The van der Waals surface area contributed by atoms with Crippen molar-refractivity contribution in [1.82, 2.24) is 9.62 Å². The molecule has 0 spiro atoms. The minimum absolute atomic E-state index is 0.158. The SMILES string of the molecule is CC[C@@H](NC(=O)CN(Cc1ccccc1)S(C)(=O)=O)c1ccc(OC)c(C)c1. The number of carbonyl (C=O) groups excluding carboxylic acids is 1. The highest BCUT2D eigenvalue weighted by molar-refractivity contribution is 7.88. The third-order valence-corrected chi connectivity index (χ3v) is 5.75. The van der Waals surface area contributed by atoms with Crippen molar-refractivity contribution in [3.8, 4) is 5.75 Å². The molecule has 0 fully saturated rings. The van der Waals surface area contributed by atoms with Gasteiger partial charge >= 0.3 is 0 Å². The maximum atomic E-state index is 12.6. The summed E-state index contributed by atoms with van der Waals surface area (Å²) in [5.74, 6) is 0.456. The molecular formula is C21H28N2O4S. The number of methoxy groups -OCH3 is 1. The van der Waals surface area contributed by atoms with E-state index in [1.54, 1.807) is 7.11 Å². The van der Waals surface area contributed by atoms with Gasteiger partial charge in [-0.3, -0.25) is 4.79 Å². The van der Waals surface area contributed by atoms with Crippen LogP contribution in [-0.4, -0.2) is 38.5 Å².